The number of sulfone groups is 1. The van der Waals surface area contributed by atoms with Gasteiger partial charge >= 0.3 is 0 Å². The van der Waals surface area contributed by atoms with Crippen LogP contribution in [0, 0.1) is 0 Å². The Hall–Kier alpha value is -2.01. The van der Waals surface area contributed by atoms with Gasteiger partial charge in [-0.1, -0.05) is 11.3 Å². The van der Waals surface area contributed by atoms with E-state index in [9.17, 15) is 8.42 Å². The molecule has 0 aliphatic carbocycles. The lowest BCUT2D eigenvalue weighted by Crippen LogP contribution is -2.37. The van der Waals surface area contributed by atoms with Gasteiger partial charge in [-0.25, -0.2) is 18.4 Å². The smallest absolute Gasteiger partial charge is 0.225 e. The largest absolute Gasteiger partial charge is 0.378 e. The van der Waals surface area contributed by atoms with Gasteiger partial charge in [0.05, 0.1) is 18.1 Å². The summed E-state index contributed by atoms with van der Waals surface area (Å²) in [5, 5.41) is 3.99. The number of rotatable bonds is 4. The van der Waals surface area contributed by atoms with Crippen molar-refractivity contribution in [1.29, 1.82) is 0 Å². The molecule has 0 bridgehead atoms. The average molecular weight is 426 g/mol. The Morgan fingerprint density at radius 3 is 2.52 bits per heavy atom. The van der Waals surface area contributed by atoms with Crippen molar-refractivity contribution >= 4 is 59.8 Å². The first-order valence-electron chi connectivity index (χ1n) is 8.14. The zero-order valence-electron chi connectivity index (χ0n) is 14.3. The van der Waals surface area contributed by atoms with Crippen molar-refractivity contribution in [1.82, 2.24) is 15.0 Å². The number of ether oxygens (including phenoxy) is 1. The van der Waals surface area contributed by atoms with Crippen molar-refractivity contribution in [2.24, 2.45) is 0 Å². The fourth-order valence-electron chi connectivity index (χ4n) is 2.74. The second kappa shape index (κ2) is 7.19. The second-order valence-corrected chi connectivity index (χ2v) is 9.34. The van der Waals surface area contributed by atoms with Crippen LogP contribution >= 0.6 is 22.9 Å². The molecule has 1 aromatic carbocycles. The Balaban J connectivity index is 1.65. The van der Waals surface area contributed by atoms with Gasteiger partial charge < -0.3 is 15.0 Å². The first kappa shape index (κ1) is 18.4. The number of fused-ring (bicyclic) bond motifs is 1. The number of aromatic nitrogens is 3. The van der Waals surface area contributed by atoms with Gasteiger partial charge in [0.25, 0.3) is 0 Å². The lowest BCUT2D eigenvalue weighted by molar-refractivity contribution is 0.122. The van der Waals surface area contributed by atoms with Gasteiger partial charge in [-0.2, -0.15) is 4.98 Å². The molecule has 8 nitrogen and oxygen atoms in total. The lowest BCUT2D eigenvalue weighted by Gasteiger charge is -2.27. The summed E-state index contributed by atoms with van der Waals surface area (Å²) in [6.07, 6.45) is 1.18. The molecule has 0 amide bonds. The number of nitrogens with one attached hydrogen (secondary N) is 1. The Morgan fingerprint density at radius 1 is 1.15 bits per heavy atom. The minimum Gasteiger partial charge on any atom is -0.378 e. The molecule has 2 aromatic heterocycles. The summed E-state index contributed by atoms with van der Waals surface area (Å²) >= 11 is 7.45. The third-order valence-corrected chi connectivity index (χ3v) is 6.22. The van der Waals surface area contributed by atoms with Crippen LogP contribution in [0.1, 0.15) is 0 Å². The fourth-order valence-corrected chi connectivity index (χ4v) is 4.44. The van der Waals surface area contributed by atoms with Crippen LogP contribution in [0.2, 0.25) is 5.28 Å². The van der Waals surface area contributed by atoms with E-state index in [0.717, 1.165) is 18.8 Å². The van der Waals surface area contributed by atoms with E-state index in [-0.39, 0.29) is 10.2 Å². The van der Waals surface area contributed by atoms with Crippen molar-refractivity contribution in [3.63, 3.8) is 0 Å². The number of hydrogen-bond acceptors (Lipinski definition) is 9. The maximum absolute atomic E-state index is 11.6. The molecule has 3 heterocycles. The first-order valence-corrected chi connectivity index (χ1v) is 11.2. The quantitative estimate of drug-likeness (QED) is 0.637. The summed E-state index contributed by atoms with van der Waals surface area (Å²) in [7, 11) is -3.23. The number of thiazole rings is 1. The van der Waals surface area contributed by atoms with Crippen LogP contribution in [0.5, 0.6) is 0 Å². The Labute approximate surface area is 165 Å². The van der Waals surface area contributed by atoms with Crippen molar-refractivity contribution < 1.29 is 13.2 Å². The van der Waals surface area contributed by atoms with Gasteiger partial charge in [0, 0.05) is 25.0 Å². The molecule has 11 heteroatoms. The topological polar surface area (TPSA) is 97.3 Å². The summed E-state index contributed by atoms with van der Waals surface area (Å²) < 4.78 is 28.5. The van der Waals surface area contributed by atoms with E-state index in [4.69, 9.17) is 16.3 Å². The zero-order valence-corrected chi connectivity index (χ0v) is 16.7. The number of anilines is 3. The molecule has 4 rings (SSSR count). The Kier molecular flexibility index (Phi) is 4.89. The second-order valence-electron chi connectivity index (χ2n) is 6.01. The summed E-state index contributed by atoms with van der Waals surface area (Å²) in [5.41, 5.74) is 1.41. The molecule has 0 atom stereocenters. The third-order valence-electron chi connectivity index (χ3n) is 4.06. The predicted molar refractivity (Wildman–Crippen MR) is 106 cm³/mol. The van der Waals surface area contributed by atoms with E-state index in [1.54, 1.807) is 24.3 Å². The highest BCUT2D eigenvalue weighted by atomic mass is 35.5. The summed E-state index contributed by atoms with van der Waals surface area (Å²) in [5.74, 6) is 0.699. The fraction of sp³-hybridized carbons (Fsp3) is 0.312. The monoisotopic (exact) mass is 425 g/mol. The predicted octanol–water partition coefficient (Wildman–Crippen LogP) is 2.72. The molecule has 1 saturated heterocycles. The molecular weight excluding hydrogens is 410 g/mol. The van der Waals surface area contributed by atoms with Crippen molar-refractivity contribution in [2.75, 3.05) is 42.8 Å². The molecule has 1 aliphatic rings. The number of nitrogens with zero attached hydrogens (tertiary/aromatic N) is 4. The number of benzene rings is 1. The van der Waals surface area contributed by atoms with E-state index in [0.29, 0.717) is 34.5 Å². The van der Waals surface area contributed by atoms with Crippen LogP contribution in [0.4, 0.5) is 16.6 Å². The summed E-state index contributed by atoms with van der Waals surface area (Å²) in [4.78, 5) is 16.3. The van der Waals surface area contributed by atoms with Gasteiger partial charge in [-0.15, -0.1) is 0 Å². The van der Waals surface area contributed by atoms with Crippen LogP contribution in [-0.2, 0) is 14.6 Å². The van der Waals surface area contributed by atoms with E-state index in [2.05, 4.69) is 25.2 Å². The number of morpholine rings is 1. The van der Waals surface area contributed by atoms with E-state index < -0.39 is 9.84 Å². The molecule has 1 fully saturated rings. The normalized spacial score (nSPS) is 15.3. The minimum absolute atomic E-state index is 0.177. The molecule has 0 radical (unpaired) electrons. The third kappa shape index (κ3) is 3.98. The van der Waals surface area contributed by atoms with Crippen molar-refractivity contribution in [2.45, 2.75) is 4.90 Å². The number of hydrogen-bond donors (Lipinski definition) is 1. The summed E-state index contributed by atoms with van der Waals surface area (Å²) in [6, 6.07) is 6.51. The molecule has 1 N–H and O–H groups in total. The van der Waals surface area contributed by atoms with Gasteiger partial charge in [-0.3, -0.25) is 0 Å². The Morgan fingerprint density at radius 2 is 1.85 bits per heavy atom. The van der Waals surface area contributed by atoms with Crippen LogP contribution in [0.25, 0.3) is 10.3 Å². The van der Waals surface area contributed by atoms with Crippen LogP contribution < -0.4 is 10.2 Å². The highest BCUT2D eigenvalue weighted by Gasteiger charge is 2.20. The summed E-state index contributed by atoms with van der Waals surface area (Å²) in [6.45, 7) is 2.70. The van der Waals surface area contributed by atoms with E-state index >= 15 is 0 Å². The van der Waals surface area contributed by atoms with Crippen molar-refractivity contribution in [3.8, 4) is 0 Å². The SMILES string of the molecule is CS(=O)(=O)c1ccc(Nc2nc3c(N4CCOCC4)nc(Cl)nc3s2)cc1. The molecular formula is C16H16ClN5O3S2. The van der Waals surface area contributed by atoms with Crippen LogP contribution in [-0.4, -0.2) is 55.9 Å². The first-order chi connectivity index (χ1) is 12.9. The molecule has 3 aromatic rings. The van der Waals surface area contributed by atoms with Crippen LogP contribution in [0.15, 0.2) is 29.2 Å². The molecule has 0 unspecified atom stereocenters. The highest BCUT2D eigenvalue weighted by Crippen LogP contribution is 2.33. The van der Waals surface area contributed by atoms with Crippen LogP contribution in [0.3, 0.4) is 0 Å². The maximum Gasteiger partial charge on any atom is 0.225 e. The van der Waals surface area contributed by atoms with Crippen molar-refractivity contribution in [3.05, 3.63) is 29.5 Å². The van der Waals surface area contributed by atoms with E-state index in [1.807, 2.05) is 0 Å². The molecule has 0 saturated carbocycles. The van der Waals surface area contributed by atoms with E-state index in [1.165, 1.54) is 17.6 Å². The molecule has 27 heavy (non-hydrogen) atoms. The minimum atomic E-state index is -3.23. The number of halogens is 1. The van der Waals surface area contributed by atoms with Gasteiger partial charge in [-0.05, 0) is 35.9 Å². The molecule has 0 spiro atoms. The van der Waals surface area contributed by atoms with Gasteiger partial charge in [0.2, 0.25) is 5.28 Å². The molecule has 1 aliphatic heterocycles. The maximum atomic E-state index is 11.6. The Bertz CT molecular complexity index is 1080. The standard InChI is InChI=1S/C16H16ClN5O3S2/c1-27(23,24)11-4-2-10(3-5-11)18-16-19-12-13(22-6-8-25-9-7-22)20-15(17)21-14(12)26-16/h2-5H,6-9H2,1H3,(H,18,19). The average Bonchev–Trinajstić information content (AvgIpc) is 3.03. The molecule has 142 valence electrons. The lowest BCUT2D eigenvalue weighted by atomic mass is 10.3. The van der Waals surface area contributed by atoms with Gasteiger partial charge in [0.15, 0.2) is 25.6 Å². The zero-order chi connectivity index (χ0) is 19.0. The highest BCUT2D eigenvalue weighted by molar-refractivity contribution is 7.90. The van der Waals surface area contributed by atoms with Gasteiger partial charge in [0.1, 0.15) is 5.52 Å².